The lowest BCUT2D eigenvalue weighted by Crippen LogP contribution is -2.15. The Kier molecular flexibility index (Phi) is 3.15. The standard InChI is InChI=1S/C13H15NO3/c1-8-2-3-11-9(6-8)7-12(17-11)10(4-5-14)13(15)16/h2-3,6-7,10H,4-5,14H2,1H3,(H,15,16). The fraction of sp³-hybridized carbons (Fsp3) is 0.308. The number of aliphatic carboxylic acids is 1. The first kappa shape index (κ1) is 11.7. The summed E-state index contributed by atoms with van der Waals surface area (Å²) in [5, 5.41) is 10.1. The van der Waals surface area contributed by atoms with Crippen molar-refractivity contribution in [2.24, 2.45) is 5.73 Å². The molecule has 1 aromatic carbocycles. The summed E-state index contributed by atoms with van der Waals surface area (Å²) < 4.78 is 5.56. The van der Waals surface area contributed by atoms with Crippen LogP contribution < -0.4 is 5.73 Å². The predicted molar refractivity (Wildman–Crippen MR) is 65.0 cm³/mol. The van der Waals surface area contributed by atoms with Crippen molar-refractivity contribution in [2.75, 3.05) is 6.54 Å². The predicted octanol–water partition coefficient (Wildman–Crippen LogP) is 2.26. The van der Waals surface area contributed by atoms with Crippen LogP contribution in [-0.2, 0) is 4.79 Å². The molecule has 2 aromatic rings. The molecular weight excluding hydrogens is 218 g/mol. The lowest BCUT2D eigenvalue weighted by Gasteiger charge is -2.06. The lowest BCUT2D eigenvalue weighted by atomic mass is 10.0. The Morgan fingerprint density at radius 2 is 2.24 bits per heavy atom. The van der Waals surface area contributed by atoms with Crippen LogP contribution in [0.15, 0.2) is 28.7 Å². The van der Waals surface area contributed by atoms with Crippen molar-refractivity contribution in [1.29, 1.82) is 0 Å². The first-order valence-corrected chi connectivity index (χ1v) is 5.55. The van der Waals surface area contributed by atoms with Crippen molar-refractivity contribution in [1.82, 2.24) is 0 Å². The monoisotopic (exact) mass is 233 g/mol. The van der Waals surface area contributed by atoms with E-state index < -0.39 is 11.9 Å². The quantitative estimate of drug-likeness (QED) is 0.849. The second-order valence-electron chi connectivity index (χ2n) is 4.16. The molecule has 0 spiro atoms. The molecule has 17 heavy (non-hydrogen) atoms. The van der Waals surface area contributed by atoms with E-state index in [2.05, 4.69) is 0 Å². The lowest BCUT2D eigenvalue weighted by molar-refractivity contribution is -0.139. The van der Waals surface area contributed by atoms with Crippen LogP contribution in [0.3, 0.4) is 0 Å². The van der Waals surface area contributed by atoms with Crippen LogP contribution in [0.5, 0.6) is 0 Å². The van der Waals surface area contributed by atoms with E-state index in [4.69, 9.17) is 15.3 Å². The van der Waals surface area contributed by atoms with Gasteiger partial charge in [0.25, 0.3) is 0 Å². The van der Waals surface area contributed by atoms with E-state index in [1.165, 1.54) is 0 Å². The fourth-order valence-corrected chi connectivity index (χ4v) is 1.91. The van der Waals surface area contributed by atoms with Gasteiger partial charge in [-0.25, -0.2) is 0 Å². The van der Waals surface area contributed by atoms with Crippen LogP contribution in [0.4, 0.5) is 0 Å². The second-order valence-corrected chi connectivity index (χ2v) is 4.16. The number of benzene rings is 1. The summed E-state index contributed by atoms with van der Waals surface area (Å²) in [6.07, 6.45) is 0.383. The second kappa shape index (κ2) is 4.59. The molecule has 1 aromatic heterocycles. The summed E-state index contributed by atoms with van der Waals surface area (Å²) in [4.78, 5) is 11.1. The summed E-state index contributed by atoms with van der Waals surface area (Å²) in [7, 11) is 0. The number of hydrogen-bond acceptors (Lipinski definition) is 3. The highest BCUT2D eigenvalue weighted by atomic mass is 16.4. The Hall–Kier alpha value is -1.81. The number of carboxylic acids is 1. The summed E-state index contributed by atoms with van der Waals surface area (Å²) in [6, 6.07) is 7.56. The van der Waals surface area contributed by atoms with Gasteiger partial charge in [-0.2, -0.15) is 0 Å². The highest BCUT2D eigenvalue weighted by molar-refractivity contribution is 5.82. The maximum atomic E-state index is 11.1. The minimum atomic E-state index is -0.897. The molecule has 0 radical (unpaired) electrons. The van der Waals surface area contributed by atoms with Gasteiger partial charge >= 0.3 is 5.97 Å². The number of rotatable bonds is 4. The van der Waals surface area contributed by atoms with Gasteiger partial charge in [-0.1, -0.05) is 11.6 Å². The van der Waals surface area contributed by atoms with Crippen LogP contribution in [0.25, 0.3) is 11.0 Å². The maximum Gasteiger partial charge on any atom is 0.314 e. The molecular formula is C13H15NO3. The molecule has 4 heteroatoms. The number of furan rings is 1. The minimum absolute atomic E-state index is 0.326. The Balaban J connectivity index is 2.43. The van der Waals surface area contributed by atoms with Crippen molar-refractivity contribution < 1.29 is 14.3 Å². The maximum absolute atomic E-state index is 11.1. The van der Waals surface area contributed by atoms with E-state index in [0.717, 1.165) is 10.9 Å². The van der Waals surface area contributed by atoms with Gasteiger partial charge in [0.05, 0.1) is 0 Å². The molecule has 1 atom stereocenters. The molecule has 0 fully saturated rings. The molecule has 2 rings (SSSR count). The number of carboxylic acid groups (broad SMARTS) is 1. The summed E-state index contributed by atoms with van der Waals surface area (Å²) in [5.41, 5.74) is 7.26. The van der Waals surface area contributed by atoms with E-state index in [1.807, 2.05) is 25.1 Å². The molecule has 4 nitrogen and oxygen atoms in total. The van der Waals surface area contributed by atoms with Crippen molar-refractivity contribution >= 4 is 16.9 Å². The molecule has 1 unspecified atom stereocenters. The molecule has 3 N–H and O–H groups in total. The summed E-state index contributed by atoms with van der Waals surface area (Å²) in [5.74, 6) is -1.08. The first-order valence-electron chi connectivity index (χ1n) is 5.55. The van der Waals surface area contributed by atoms with Gasteiger partial charge in [-0.05, 0) is 38.1 Å². The Morgan fingerprint density at radius 3 is 2.88 bits per heavy atom. The topological polar surface area (TPSA) is 76.5 Å². The average Bonchev–Trinajstić information content (AvgIpc) is 2.67. The number of fused-ring (bicyclic) bond motifs is 1. The Bertz CT molecular complexity index is 545. The molecule has 0 saturated heterocycles. The molecule has 90 valence electrons. The van der Waals surface area contributed by atoms with Crippen molar-refractivity contribution in [3.8, 4) is 0 Å². The van der Waals surface area contributed by atoms with E-state index >= 15 is 0 Å². The van der Waals surface area contributed by atoms with E-state index in [-0.39, 0.29) is 0 Å². The van der Waals surface area contributed by atoms with Crippen molar-refractivity contribution in [3.05, 3.63) is 35.6 Å². The minimum Gasteiger partial charge on any atom is -0.481 e. The van der Waals surface area contributed by atoms with Crippen LogP contribution in [0.2, 0.25) is 0 Å². The summed E-state index contributed by atoms with van der Waals surface area (Å²) >= 11 is 0. The molecule has 0 bridgehead atoms. The largest absolute Gasteiger partial charge is 0.481 e. The molecule has 0 amide bonds. The van der Waals surface area contributed by atoms with Gasteiger partial charge in [0.2, 0.25) is 0 Å². The molecule has 1 heterocycles. The fourth-order valence-electron chi connectivity index (χ4n) is 1.91. The first-order chi connectivity index (χ1) is 8.11. The third kappa shape index (κ3) is 2.31. The van der Waals surface area contributed by atoms with E-state index in [9.17, 15) is 4.79 Å². The number of nitrogens with two attached hydrogens (primary N) is 1. The van der Waals surface area contributed by atoms with E-state index in [1.54, 1.807) is 6.07 Å². The van der Waals surface area contributed by atoms with Gasteiger partial charge in [0.1, 0.15) is 17.3 Å². The third-order valence-corrected chi connectivity index (χ3v) is 2.79. The van der Waals surface area contributed by atoms with Gasteiger partial charge in [0.15, 0.2) is 0 Å². The van der Waals surface area contributed by atoms with Gasteiger partial charge in [-0.3, -0.25) is 4.79 Å². The normalized spacial score (nSPS) is 12.8. The molecule has 0 saturated carbocycles. The number of carbonyl (C=O) groups is 1. The zero-order valence-electron chi connectivity index (χ0n) is 9.64. The highest BCUT2D eigenvalue weighted by Crippen LogP contribution is 2.27. The zero-order valence-corrected chi connectivity index (χ0v) is 9.64. The molecule has 0 aliphatic heterocycles. The third-order valence-electron chi connectivity index (χ3n) is 2.79. The molecule has 0 aliphatic rings. The average molecular weight is 233 g/mol. The van der Waals surface area contributed by atoms with E-state index in [0.29, 0.717) is 24.3 Å². The Morgan fingerprint density at radius 1 is 1.47 bits per heavy atom. The van der Waals surface area contributed by atoms with Gasteiger partial charge in [-0.15, -0.1) is 0 Å². The summed E-state index contributed by atoms with van der Waals surface area (Å²) in [6.45, 7) is 2.31. The zero-order chi connectivity index (χ0) is 12.4. The SMILES string of the molecule is Cc1ccc2oc(C(CCN)C(=O)O)cc2c1. The van der Waals surface area contributed by atoms with Crippen LogP contribution in [-0.4, -0.2) is 17.6 Å². The van der Waals surface area contributed by atoms with Crippen LogP contribution in [0.1, 0.15) is 23.7 Å². The molecule has 0 aliphatic carbocycles. The van der Waals surface area contributed by atoms with Crippen molar-refractivity contribution in [2.45, 2.75) is 19.3 Å². The van der Waals surface area contributed by atoms with Crippen LogP contribution >= 0.6 is 0 Å². The van der Waals surface area contributed by atoms with Gasteiger partial charge in [0, 0.05) is 5.39 Å². The number of hydrogen-bond donors (Lipinski definition) is 2. The number of aryl methyl sites for hydroxylation is 1. The Labute approximate surface area is 99.0 Å². The highest BCUT2D eigenvalue weighted by Gasteiger charge is 2.22. The van der Waals surface area contributed by atoms with Crippen molar-refractivity contribution in [3.63, 3.8) is 0 Å². The van der Waals surface area contributed by atoms with Gasteiger partial charge < -0.3 is 15.3 Å². The van der Waals surface area contributed by atoms with Crippen LogP contribution in [0, 0.1) is 6.92 Å². The smallest absolute Gasteiger partial charge is 0.314 e.